The molecule has 0 saturated heterocycles. The van der Waals surface area contributed by atoms with Gasteiger partial charge in [-0.15, -0.1) is 0 Å². The highest BCUT2D eigenvalue weighted by atomic mass is 79.9. The summed E-state index contributed by atoms with van der Waals surface area (Å²) in [5.74, 6) is 0. The lowest BCUT2D eigenvalue weighted by Crippen LogP contribution is -2.19. The van der Waals surface area contributed by atoms with Gasteiger partial charge in [0, 0.05) is 34.0 Å². The van der Waals surface area contributed by atoms with E-state index in [1.165, 1.54) is 0 Å². The highest BCUT2D eigenvalue weighted by molar-refractivity contribution is 9.10. The van der Waals surface area contributed by atoms with Gasteiger partial charge in [0.15, 0.2) is 0 Å². The Morgan fingerprint density at radius 2 is 1.77 bits per heavy atom. The Bertz CT molecular complexity index is 945. The van der Waals surface area contributed by atoms with Gasteiger partial charge >= 0.3 is 6.03 Å². The molecular weight excluding hydrogens is 439 g/mol. The summed E-state index contributed by atoms with van der Waals surface area (Å²) in [7, 11) is 1.86. The number of aromatic nitrogens is 2. The number of nitrogens with zero attached hydrogens (tertiary/aromatic N) is 2. The van der Waals surface area contributed by atoms with Gasteiger partial charge in [-0.1, -0.05) is 35.3 Å². The molecule has 5 nitrogen and oxygen atoms in total. The molecule has 3 aromatic rings. The molecule has 0 saturated carbocycles. The number of carbonyl (C=O) groups is 1. The van der Waals surface area contributed by atoms with Crippen LogP contribution in [-0.2, 0) is 7.05 Å². The normalized spacial score (nSPS) is 10.7. The van der Waals surface area contributed by atoms with E-state index in [0.29, 0.717) is 21.4 Å². The first-order valence-corrected chi connectivity index (χ1v) is 9.21. The number of halogens is 3. The molecule has 0 aliphatic carbocycles. The molecular formula is C18H15BrCl2N4O. The van der Waals surface area contributed by atoms with Crippen molar-refractivity contribution in [3.05, 3.63) is 62.7 Å². The SMILES string of the molecule is Cc1c(Cl)cc(NC(=O)Nc2cccc(-c3c(Br)cnn3C)c2)cc1Cl. The van der Waals surface area contributed by atoms with Crippen LogP contribution in [0.1, 0.15) is 5.56 Å². The van der Waals surface area contributed by atoms with E-state index in [1.807, 2.05) is 38.2 Å². The van der Waals surface area contributed by atoms with Crippen molar-refractivity contribution in [1.29, 1.82) is 0 Å². The largest absolute Gasteiger partial charge is 0.323 e. The van der Waals surface area contributed by atoms with Crippen LogP contribution in [-0.4, -0.2) is 15.8 Å². The van der Waals surface area contributed by atoms with Gasteiger partial charge in [-0.2, -0.15) is 5.10 Å². The highest BCUT2D eigenvalue weighted by Crippen LogP contribution is 2.30. The topological polar surface area (TPSA) is 59.0 Å². The van der Waals surface area contributed by atoms with E-state index < -0.39 is 0 Å². The van der Waals surface area contributed by atoms with Crippen LogP contribution < -0.4 is 10.6 Å². The standard InChI is InChI=1S/C18H15BrCl2N4O/c1-10-15(20)7-13(8-16(10)21)24-18(26)23-12-5-3-4-11(6-12)17-14(19)9-22-25(17)2/h3-9H,1-2H3,(H2,23,24,26). The quantitative estimate of drug-likeness (QED) is 0.502. The Morgan fingerprint density at radius 3 is 2.38 bits per heavy atom. The van der Waals surface area contributed by atoms with Gasteiger partial charge in [0.2, 0.25) is 0 Å². The van der Waals surface area contributed by atoms with Crippen molar-refractivity contribution in [3.63, 3.8) is 0 Å². The zero-order valence-corrected chi connectivity index (χ0v) is 17.1. The third-order valence-electron chi connectivity index (χ3n) is 3.83. The molecule has 0 unspecified atom stereocenters. The van der Waals surface area contributed by atoms with E-state index >= 15 is 0 Å². The number of carbonyl (C=O) groups excluding carboxylic acids is 1. The van der Waals surface area contributed by atoms with Gasteiger partial charge in [-0.25, -0.2) is 4.79 Å². The highest BCUT2D eigenvalue weighted by Gasteiger charge is 2.11. The lowest BCUT2D eigenvalue weighted by molar-refractivity contribution is 0.262. The van der Waals surface area contributed by atoms with E-state index in [0.717, 1.165) is 21.3 Å². The van der Waals surface area contributed by atoms with Crippen LogP contribution in [0.2, 0.25) is 10.0 Å². The summed E-state index contributed by atoms with van der Waals surface area (Å²) in [6.07, 6.45) is 1.73. The maximum Gasteiger partial charge on any atom is 0.323 e. The smallest absolute Gasteiger partial charge is 0.308 e. The number of hydrogen-bond acceptors (Lipinski definition) is 2. The summed E-state index contributed by atoms with van der Waals surface area (Å²) in [4.78, 5) is 12.3. The van der Waals surface area contributed by atoms with Crippen molar-refractivity contribution in [2.24, 2.45) is 7.05 Å². The molecule has 26 heavy (non-hydrogen) atoms. The van der Waals surface area contributed by atoms with Crippen molar-refractivity contribution in [1.82, 2.24) is 9.78 Å². The fourth-order valence-electron chi connectivity index (χ4n) is 2.49. The van der Waals surface area contributed by atoms with Crippen LogP contribution in [0.5, 0.6) is 0 Å². The second-order valence-electron chi connectivity index (χ2n) is 5.69. The Hall–Kier alpha value is -2.02. The zero-order valence-electron chi connectivity index (χ0n) is 14.0. The lowest BCUT2D eigenvalue weighted by atomic mass is 10.1. The van der Waals surface area contributed by atoms with E-state index in [9.17, 15) is 4.79 Å². The third kappa shape index (κ3) is 4.03. The summed E-state index contributed by atoms with van der Waals surface area (Å²) in [5, 5.41) is 10.7. The zero-order chi connectivity index (χ0) is 18.8. The Morgan fingerprint density at radius 1 is 1.12 bits per heavy atom. The summed E-state index contributed by atoms with van der Waals surface area (Å²) in [5.41, 5.74) is 3.79. The number of urea groups is 1. The number of aryl methyl sites for hydroxylation is 1. The molecule has 134 valence electrons. The van der Waals surface area contributed by atoms with Crippen molar-refractivity contribution in [2.75, 3.05) is 10.6 Å². The third-order valence-corrected chi connectivity index (χ3v) is 5.19. The first kappa shape index (κ1) is 18.8. The molecule has 0 fully saturated rings. The Balaban J connectivity index is 1.77. The fraction of sp³-hybridized carbons (Fsp3) is 0.111. The van der Waals surface area contributed by atoms with Crippen LogP contribution in [0.3, 0.4) is 0 Å². The van der Waals surface area contributed by atoms with Crippen LogP contribution in [0, 0.1) is 6.92 Å². The maximum absolute atomic E-state index is 12.3. The van der Waals surface area contributed by atoms with Gasteiger partial charge in [-0.05, 0) is 52.7 Å². The monoisotopic (exact) mass is 452 g/mol. The molecule has 2 N–H and O–H groups in total. The summed E-state index contributed by atoms with van der Waals surface area (Å²) >= 11 is 15.7. The van der Waals surface area contributed by atoms with E-state index in [4.69, 9.17) is 23.2 Å². The second-order valence-corrected chi connectivity index (χ2v) is 7.36. The summed E-state index contributed by atoms with van der Waals surface area (Å²) in [6.45, 7) is 1.82. The number of rotatable bonds is 3. The first-order chi connectivity index (χ1) is 12.3. The number of nitrogens with one attached hydrogen (secondary N) is 2. The fourth-order valence-corrected chi connectivity index (χ4v) is 3.55. The summed E-state index contributed by atoms with van der Waals surface area (Å²) < 4.78 is 2.64. The number of hydrogen-bond donors (Lipinski definition) is 2. The average Bonchev–Trinajstić information content (AvgIpc) is 2.91. The molecule has 0 spiro atoms. The minimum absolute atomic E-state index is 0.387. The van der Waals surface area contributed by atoms with Crippen LogP contribution in [0.4, 0.5) is 16.2 Å². The van der Waals surface area contributed by atoms with Crippen molar-refractivity contribution < 1.29 is 4.79 Å². The minimum atomic E-state index is -0.387. The van der Waals surface area contributed by atoms with Crippen LogP contribution in [0.25, 0.3) is 11.3 Å². The molecule has 0 bridgehead atoms. The van der Waals surface area contributed by atoms with Crippen LogP contribution >= 0.6 is 39.1 Å². The van der Waals surface area contributed by atoms with Gasteiger partial charge in [0.05, 0.1) is 16.4 Å². The lowest BCUT2D eigenvalue weighted by Gasteiger charge is -2.11. The molecule has 1 aromatic heterocycles. The predicted molar refractivity (Wildman–Crippen MR) is 110 cm³/mol. The average molecular weight is 454 g/mol. The molecule has 2 aromatic carbocycles. The molecule has 0 atom stereocenters. The number of benzene rings is 2. The molecule has 0 aliphatic heterocycles. The van der Waals surface area contributed by atoms with Gasteiger partial charge in [-0.3, -0.25) is 4.68 Å². The minimum Gasteiger partial charge on any atom is -0.308 e. The van der Waals surface area contributed by atoms with Crippen molar-refractivity contribution in [2.45, 2.75) is 6.92 Å². The Labute approximate surface area is 169 Å². The van der Waals surface area contributed by atoms with Crippen LogP contribution in [0.15, 0.2) is 47.1 Å². The number of anilines is 2. The van der Waals surface area contributed by atoms with Gasteiger partial charge < -0.3 is 10.6 Å². The predicted octanol–water partition coefficient (Wildman–Crippen LogP) is 6.11. The maximum atomic E-state index is 12.3. The Kier molecular flexibility index (Phi) is 5.55. The van der Waals surface area contributed by atoms with Crippen molar-refractivity contribution >= 4 is 56.5 Å². The first-order valence-electron chi connectivity index (χ1n) is 7.66. The van der Waals surface area contributed by atoms with E-state index in [1.54, 1.807) is 23.0 Å². The van der Waals surface area contributed by atoms with Gasteiger partial charge in [0.1, 0.15) is 0 Å². The molecule has 0 radical (unpaired) electrons. The summed E-state index contributed by atoms with van der Waals surface area (Å²) in [6, 6.07) is 10.4. The molecule has 0 aliphatic rings. The van der Waals surface area contributed by atoms with E-state index in [-0.39, 0.29) is 6.03 Å². The molecule has 1 heterocycles. The molecule has 8 heteroatoms. The second kappa shape index (κ2) is 7.70. The van der Waals surface area contributed by atoms with E-state index in [2.05, 4.69) is 31.7 Å². The van der Waals surface area contributed by atoms with Crippen molar-refractivity contribution in [3.8, 4) is 11.3 Å². The number of amides is 2. The van der Waals surface area contributed by atoms with Gasteiger partial charge in [0.25, 0.3) is 0 Å². The molecule has 3 rings (SSSR count). The molecule has 2 amide bonds.